The Morgan fingerprint density at radius 1 is 1.16 bits per heavy atom. The average molecular weight is 814 g/mol. The van der Waals surface area contributed by atoms with Crippen LogP contribution >= 0.6 is 50.1 Å². The van der Waals surface area contributed by atoms with Crippen molar-refractivity contribution in [2.75, 3.05) is 20.3 Å². The van der Waals surface area contributed by atoms with Crippen LogP contribution in [-0.4, -0.2) is 49.9 Å². The number of hydrogen-bond donors (Lipinski definition) is 4. The van der Waals surface area contributed by atoms with Crippen LogP contribution in [-0.2, 0) is 16.1 Å². The maximum Gasteiger partial charge on any atom is 0.337 e. The van der Waals surface area contributed by atoms with Crippen LogP contribution in [0.5, 0.6) is 17.2 Å². The molecule has 0 fully saturated rings. The molecule has 0 saturated carbocycles. The molecular weight excluding hydrogens is 783 g/mol. The fourth-order valence-corrected chi connectivity index (χ4v) is 6.21. The van der Waals surface area contributed by atoms with Gasteiger partial charge in [-0.15, -0.1) is 0 Å². The second kappa shape index (κ2) is 16.2. The van der Waals surface area contributed by atoms with Crippen molar-refractivity contribution >= 4 is 68.3 Å². The fourth-order valence-electron chi connectivity index (χ4n) is 4.38. The topological polar surface area (TPSA) is 140 Å². The van der Waals surface area contributed by atoms with Crippen LogP contribution in [0.3, 0.4) is 0 Å². The molecule has 11 nitrogen and oxygen atoms in total. The van der Waals surface area contributed by atoms with Crippen LogP contribution in [0.2, 0.25) is 5.02 Å². The van der Waals surface area contributed by atoms with Gasteiger partial charge in [-0.25, -0.2) is 9.59 Å². The molecule has 0 bridgehead atoms. The molecule has 0 aromatic heterocycles. The first-order valence-electron chi connectivity index (χ1n) is 13.7. The minimum absolute atomic E-state index is 0.163. The molecule has 0 radical (unpaired) electrons. The largest absolute Gasteiger partial charge is 0.490 e. The molecule has 0 spiro atoms. The molecule has 238 valence electrons. The Balaban J connectivity index is 1.42. The second-order valence-electron chi connectivity index (χ2n) is 9.64. The zero-order valence-corrected chi connectivity index (χ0v) is 29.0. The minimum atomic E-state index is -1.17. The number of nitrogens with zero attached hydrogens (tertiary/aromatic N) is 1. The average Bonchev–Trinajstić information content (AvgIpc) is 3.00. The summed E-state index contributed by atoms with van der Waals surface area (Å²) in [6, 6.07) is 15.0. The number of amides is 2. The molecule has 3 aromatic carbocycles. The summed E-state index contributed by atoms with van der Waals surface area (Å²) in [5, 5.41) is 20.7. The molecule has 1 heterocycles. The van der Waals surface area contributed by atoms with Crippen molar-refractivity contribution in [3.05, 3.63) is 95.6 Å². The first-order chi connectivity index (χ1) is 21.6. The standard InChI is InChI=1S/C31H31BrClIN4O7/c1-4-43-25-12-19(28-27(30(40)42-3)17(2)36-31(41)37-28)7-10-24(25)44-16-26(39)38-35-14-20-11-21(32)13-23(34)29(20)45-15-18-5-8-22(33)9-6-18/h5-14,26,28,38-39H,4,15-16H2,1-3H3,(H2,36,37,41)/b35-14+/t26-,28+/m0/s1. The van der Waals surface area contributed by atoms with E-state index in [1.807, 2.05) is 31.2 Å². The Morgan fingerprint density at radius 3 is 2.62 bits per heavy atom. The summed E-state index contributed by atoms with van der Waals surface area (Å²) < 4.78 is 24.3. The highest BCUT2D eigenvalue weighted by atomic mass is 127. The van der Waals surface area contributed by atoms with E-state index in [1.165, 1.54) is 7.11 Å². The minimum Gasteiger partial charge on any atom is -0.490 e. The lowest BCUT2D eigenvalue weighted by atomic mass is 9.95. The number of hydrogen-bond acceptors (Lipinski definition) is 9. The first kappa shape index (κ1) is 34.3. The summed E-state index contributed by atoms with van der Waals surface area (Å²) in [4.78, 5) is 24.6. The van der Waals surface area contributed by atoms with E-state index in [0.717, 1.165) is 13.6 Å². The van der Waals surface area contributed by atoms with Gasteiger partial charge in [-0.05, 0) is 84.0 Å². The molecule has 45 heavy (non-hydrogen) atoms. The zero-order chi connectivity index (χ0) is 32.5. The molecule has 3 aromatic rings. The van der Waals surface area contributed by atoms with Crippen LogP contribution in [0.25, 0.3) is 0 Å². The lowest BCUT2D eigenvalue weighted by Crippen LogP contribution is -2.45. The van der Waals surface area contributed by atoms with Crippen molar-refractivity contribution in [3.8, 4) is 17.2 Å². The number of nitrogens with one attached hydrogen (secondary N) is 3. The third kappa shape index (κ3) is 9.25. The van der Waals surface area contributed by atoms with Gasteiger partial charge in [0.2, 0.25) is 0 Å². The molecule has 2 amide bonds. The number of carbonyl (C=O) groups is 2. The Morgan fingerprint density at radius 2 is 1.91 bits per heavy atom. The number of rotatable bonds is 13. The van der Waals surface area contributed by atoms with Crippen LogP contribution in [0.4, 0.5) is 4.79 Å². The Hall–Kier alpha value is -3.53. The molecule has 14 heteroatoms. The number of methoxy groups -OCH3 is 1. The lowest BCUT2D eigenvalue weighted by Gasteiger charge is -2.28. The van der Waals surface area contributed by atoms with Crippen LogP contribution in [0.15, 0.2) is 75.4 Å². The van der Waals surface area contributed by atoms with Crippen LogP contribution < -0.4 is 30.3 Å². The number of halogens is 3. The van der Waals surface area contributed by atoms with E-state index < -0.39 is 24.3 Å². The Labute approximate surface area is 287 Å². The smallest absolute Gasteiger partial charge is 0.337 e. The van der Waals surface area contributed by atoms with Gasteiger partial charge in [-0.2, -0.15) is 5.10 Å². The molecule has 4 rings (SSSR count). The molecule has 4 N–H and O–H groups in total. The number of ether oxygens (including phenoxy) is 4. The number of allylic oxidation sites excluding steroid dienone is 1. The quantitative estimate of drug-likeness (QED) is 0.0559. The molecule has 0 saturated heterocycles. The Kier molecular flexibility index (Phi) is 12.3. The monoisotopic (exact) mass is 812 g/mol. The predicted molar refractivity (Wildman–Crippen MR) is 182 cm³/mol. The van der Waals surface area contributed by atoms with Crippen molar-refractivity contribution in [2.24, 2.45) is 5.10 Å². The predicted octanol–water partition coefficient (Wildman–Crippen LogP) is 5.81. The van der Waals surface area contributed by atoms with E-state index in [4.69, 9.17) is 30.5 Å². The Bertz CT molecular complexity index is 1600. The van der Waals surface area contributed by atoms with E-state index in [1.54, 1.807) is 43.5 Å². The SMILES string of the molecule is CCOc1cc([C@H]2NC(=O)NC(C)=C2C(=O)OC)ccc1OC[C@H](O)N/N=C/c1cc(Br)cc(I)c1OCc1ccc(Cl)cc1. The van der Waals surface area contributed by atoms with Gasteiger partial charge in [0, 0.05) is 20.8 Å². The fraction of sp³-hybridized carbons (Fsp3) is 0.258. The van der Waals surface area contributed by atoms with Crippen molar-refractivity contribution in [1.29, 1.82) is 0 Å². The number of hydrazone groups is 1. The second-order valence-corrected chi connectivity index (χ2v) is 12.2. The van der Waals surface area contributed by atoms with E-state index in [0.29, 0.717) is 52.3 Å². The third-order valence-electron chi connectivity index (χ3n) is 6.43. The van der Waals surface area contributed by atoms with Gasteiger partial charge < -0.3 is 34.7 Å². The van der Waals surface area contributed by atoms with E-state index in [9.17, 15) is 14.7 Å². The van der Waals surface area contributed by atoms with Crippen LogP contribution in [0, 0.1) is 3.57 Å². The summed E-state index contributed by atoms with van der Waals surface area (Å²) in [6.45, 7) is 3.94. The van der Waals surface area contributed by atoms with E-state index in [-0.39, 0.29) is 12.2 Å². The van der Waals surface area contributed by atoms with Crippen molar-refractivity contribution in [1.82, 2.24) is 16.1 Å². The molecule has 1 aliphatic heterocycles. The highest BCUT2D eigenvalue weighted by Crippen LogP contribution is 2.35. The molecule has 0 aliphatic carbocycles. The maximum absolute atomic E-state index is 12.5. The third-order valence-corrected chi connectivity index (χ3v) is 7.94. The van der Waals surface area contributed by atoms with Crippen molar-refractivity contribution in [3.63, 3.8) is 0 Å². The van der Waals surface area contributed by atoms with Gasteiger partial charge in [0.15, 0.2) is 17.7 Å². The molecule has 1 aliphatic rings. The summed E-state index contributed by atoms with van der Waals surface area (Å²) in [7, 11) is 1.28. The normalized spacial score (nSPS) is 15.3. The van der Waals surface area contributed by atoms with E-state index in [2.05, 4.69) is 59.7 Å². The molecule has 0 unspecified atom stereocenters. The summed E-state index contributed by atoms with van der Waals surface area (Å²) in [5.74, 6) is 0.782. The number of urea groups is 1. The summed E-state index contributed by atoms with van der Waals surface area (Å²) in [6.07, 6.45) is 0.385. The summed E-state index contributed by atoms with van der Waals surface area (Å²) >= 11 is 11.7. The van der Waals surface area contributed by atoms with Crippen molar-refractivity contribution in [2.45, 2.75) is 32.7 Å². The lowest BCUT2D eigenvalue weighted by molar-refractivity contribution is -0.136. The highest BCUT2D eigenvalue weighted by Gasteiger charge is 2.32. The molecular formula is C31H31BrClIN4O7. The number of carbonyl (C=O) groups excluding carboxylic acids is 2. The van der Waals surface area contributed by atoms with Gasteiger partial charge in [0.1, 0.15) is 19.0 Å². The van der Waals surface area contributed by atoms with Gasteiger partial charge in [-0.3, -0.25) is 5.43 Å². The van der Waals surface area contributed by atoms with Crippen molar-refractivity contribution < 1.29 is 33.6 Å². The number of esters is 1. The van der Waals surface area contributed by atoms with Crippen LogP contribution in [0.1, 0.15) is 36.6 Å². The maximum atomic E-state index is 12.5. The van der Waals surface area contributed by atoms with Gasteiger partial charge >= 0.3 is 12.0 Å². The zero-order valence-electron chi connectivity index (χ0n) is 24.5. The van der Waals surface area contributed by atoms with Gasteiger partial charge in [0.25, 0.3) is 0 Å². The number of aliphatic hydroxyl groups is 1. The molecule has 2 atom stereocenters. The van der Waals surface area contributed by atoms with Gasteiger partial charge in [0.05, 0.1) is 35.1 Å². The van der Waals surface area contributed by atoms with E-state index >= 15 is 0 Å². The first-order valence-corrected chi connectivity index (χ1v) is 15.9. The number of benzene rings is 3. The highest BCUT2D eigenvalue weighted by molar-refractivity contribution is 14.1. The summed E-state index contributed by atoms with van der Waals surface area (Å²) in [5.41, 5.74) is 5.55. The number of aliphatic hydroxyl groups excluding tert-OH is 1. The van der Waals surface area contributed by atoms with Gasteiger partial charge in [-0.1, -0.05) is 45.7 Å².